The Bertz CT molecular complexity index is 1420. The monoisotopic (exact) mass is 606 g/mol. The van der Waals surface area contributed by atoms with Crippen LogP contribution in [-0.4, -0.2) is 47.1 Å². The molecule has 43 heavy (non-hydrogen) atoms. The third-order valence-electron chi connectivity index (χ3n) is 8.90. The fourth-order valence-electron chi connectivity index (χ4n) is 6.45. The molecule has 3 aliphatic rings. The lowest BCUT2D eigenvalue weighted by Gasteiger charge is -2.46. The van der Waals surface area contributed by atoms with Crippen LogP contribution in [0.1, 0.15) is 93.7 Å². The Labute approximate surface area is 257 Å². The summed E-state index contributed by atoms with van der Waals surface area (Å²) in [4.78, 5) is 38.5. The van der Waals surface area contributed by atoms with E-state index in [4.69, 9.17) is 16.6 Å². The van der Waals surface area contributed by atoms with E-state index in [0.29, 0.717) is 41.4 Å². The molecule has 1 atom stereocenters. The van der Waals surface area contributed by atoms with Gasteiger partial charge in [0.25, 0.3) is 11.8 Å². The Morgan fingerprint density at radius 2 is 1.81 bits per heavy atom. The lowest BCUT2D eigenvalue weighted by atomic mass is 9.75. The van der Waals surface area contributed by atoms with Crippen molar-refractivity contribution in [3.63, 3.8) is 0 Å². The van der Waals surface area contributed by atoms with Gasteiger partial charge < -0.3 is 10.2 Å². The van der Waals surface area contributed by atoms with E-state index in [1.165, 1.54) is 12.1 Å². The molecule has 0 bridgehead atoms. The molecule has 0 saturated heterocycles. The number of nitrogens with one attached hydrogen (secondary N) is 1. The summed E-state index contributed by atoms with van der Waals surface area (Å²) < 4.78 is 14.4. The van der Waals surface area contributed by atoms with Gasteiger partial charge in [-0.1, -0.05) is 51.4 Å². The number of rotatable bonds is 10. The molecule has 2 aromatic rings. The number of benzene rings is 2. The average molecular weight is 607 g/mol. The van der Waals surface area contributed by atoms with Crippen LogP contribution >= 0.6 is 11.6 Å². The molecule has 1 saturated carbocycles. The number of nitrogens with zero attached hydrogens (tertiary/aromatic N) is 5. The van der Waals surface area contributed by atoms with Gasteiger partial charge in [-0.3, -0.25) is 14.6 Å². The number of hydrogen-bond acceptors (Lipinski definition) is 6. The highest BCUT2D eigenvalue weighted by molar-refractivity contribution is 6.47. The van der Waals surface area contributed by atoms with E-state index in [1.807, 2.05) is 17.0 Å². The van der Waals surface area contributed by atoms with E-state index in [2.05, 4.69) is 48.2 Å². The molecule has 2 heterocycles. The summed E-state index contributed by atoms with van der Waals surface area (Å²) >= 11 is 6.22. The molecule has 5 rings (SSSR count). The number of carbonyl (C=O) groups excluding carboxylic acids is 2. The minimum atomic E-state index is -0.717. The lowest BCUT2D eigenvalue weighted by Crippen LogP contribution is -2.51. The quantitative estimate of drug-likeness (QED) is 0.305. The Morgan fingerprint density at radius 3 is 2.42 bits per heavy atom. The van der Waals surface area contributed by atoms with Gasteiger partial charge in [0.2, 0.25) is 0 Å². The molecule has 1 spiro atoms. The van der Waals surface area contributed by atoms with Gasteiger partial charge in [-0.25, -0.2) is 9.38 Å². The van der Waals surface area contributed by atoms with Crippen LogP contribution in [0.4, 0.5) is 4.39 Å². The third kappa shape index (κ3) is 6.87. The fourth-order valence-corrected chi connectivity index (χ4v) is 6.67. The van der Waals surface area contributed by atoms with Crippen molar-refractivity contribution in [2.75, 3.05) is 13.2 Å². The highest BCUT2D eigenvalue weighted by atomic mass is 35.5. The first-order valence-corrected chi connectivity index (χ1v) is 15.6. The first-order valence-electron chi connectivity index (χ1n) is 15.3. The van der Waals surface area contributed by atoms with Gasteiger partial charge in [0.15, 0.2) is 12.5 Å². The summed E-state index contributed by atoms with van der Waals surface area (Å²) in [6.45, 7) is 9.35. The summed E-state index contributed by atoms with van der Waals surface area (Å²) in [5.74, 6) is 1.11. The van der Waals surface area contributed by atoms with Gasteiger partial charge in [0.1, 0.15) is 17.2 Å². The third-order valence-corrected chi connectivity index (χ3v) is 9.11. The van der Waals surface area contributed by atoms with Gasteiger partial charge in [-0.2, -0.15) is 5.11 Å². The number of amides is 2. The second kappa shape index (κ2) is 13.0. The Kier molecular flexibility index (Phi) is 9.39. The van der Waals surface area contributed by atoms with Crippen LogP contribution in [0.2, 0.25) is 5.02 Å². The zero-order valence-electron chi connectivity index (χ0n) is 25.3. The molecule has 8 nitrogen and oxygen atoms in total. The van der Waals surface area contributed by atoms with Crippen molar-refractivity contribution in [3.05, 3.63) is 70.0 Å². The maximum absolute atomic E-state index is 14.4. The van der Waals surface area contributed by atoms with Crippen LogP contribution in [0, 0.1) is 23.6 Å². The van der Waals surface area contributed by atoms with Crippen LogP contribution in [0.3, 0.4) is 0 Å². The second-order valence-corrected chi connectivity index (χ2v) is 13.0. The standard InChI is InChI=1S/C33H40ClFN6O2/c1-20(2)5-10-28(23-6-8-24(9-7-23)31(42)36-18-29-37-19-38-40-29)41-32(43)30(25-15-26(34)17-27(35)16-25)39-33(41)13-11-22(12-14-33)21(3)4/h6-9,15-17,20-22,28H,5,10-14,18-19H2,1-4H3,(H,36,42)/t22?,28-,33?/m1/s1. The van der Waals surface area contributed by atoms with Gasteiger partial charge >= 0.3 is 0 Å². The van der Waals surface area contributed by atoms with E-state index < -0.39 is 11.5 Å². The first kappa shape index (κ1) is 31.0. The largest absolute Gasteiger partial charge is 0.345 e. The van der Waals surface area contributed by atoms with Crippen LogP contribution < -0.4 is 5.32 Å². The van der Waals surface area contributed by atoms with Gasteiger partial charge in [-0.05, 0) is 92.2 Å². The molecule has 2 aliphatic heterocycles. The SMILES string of the molecule is CC(C)CC[C@H](c1ccc(C(=O)NCC2=NCN=N2)cc1)N1C(=O)C(c2cc(F)cc(Cl)c2)=NC12CCC(C(C)C)CC2. The second-order valence-electron chi connectivity index (χ2n) is 12.6. The van der Waals surface area contributed by atoms with E-state index in [9.17, 15) is 14.0 Å². The van der Waals surface area contributed by atoms with E-state index in [1.54, 1.807) is 18.2 Å². The van der Waals surface area contributed by atoms with Crippen molar-refractivity contribution < 1.29 is 14.0 Å². The molecule has 0 unspecified atom stereocenters. The summed E-state index contributed by atoms with van der Waals surface area (Å²) in [6, 6.07) is 11.4. The van der Waals surface area contributed by atoms with Crippen molar-refractivity contribution >= 4 is 35.0 Å². The predicted molar refractivity (Wildman–Crippen MR) is 167 cm³/mol. The molecule has 2 aromatic carbocycles. The van der Waals surface area contributed by atoms with Gasteiger partial charge in [0, 0.05) is 16.1 Å². The molecule has 2 amide bonds. The van der Waals surface area contributed by atoms with E-state index in [0.717, 1.165) is 44.1 Å². The number of halogens is 2. The Morgan fingerprint density at radius 1 is 1.09 bits per heavy atom. The van der Waals surface area contributed by atoms with Crippen molar-refractivity contribution in [1.82, 2.24) is 10.2 Å². The molecular weight excluding hydrogens is 567 g/mol. The molecule has 1 N–H and O–H groups in total. The number of amidine groups is 1. The average Bonchev–Trinajstić information content (AvgIpc) is 3.59. The molecule has 10 heteroatoms. The van der Waals surface area contributed by atoms with Crippen LogP contribution in [0.25, 0.3) is 0 Å². The van der Waals surface area contributed by atoms with E-state index >= 15 is 0 Å². The predicted octanol–water partition coefficient (Wildman–Crippen LogP) is 7.38. The topological polar surface area (TPSA) is 98.9 Å². The molecular formula is C33H40ClFN6O2. The van der Waals surface area contributed by atoms with Crippen molar-refractivity contribution in [2.45, 2.75) is 77.9 Å². The summed E-state index contributed by atoms with van der Waals surface area (Å²) in [5.41, 5.74) is 1.41. The molecule has 0 aromatic heterocycles. The highest BCUT2D eigenvalue weighted by Gasteiger charge is 2.52. The Balaban J connectivity index is 1.48. The number of hydrogen-bond donors (Lipinski definition) is 1. The lowest BCUT2D eigenvalue weighted by molar-refractivity contribution is -0.133. The maximum atomic E-state index is 14.4. The van der Waals surface area contributed by atoms with Crippen LogP contribution in [-0.2, 0) is 4.79 Å². The van der Waals surface area contributed by atoms with Crippen molar-refractivity contribution in [1.29, 1.82) is 0 Å². The Hall–Kier alpha value is -3.46. The highest BCUT2D eigenvalue weighted by Crippen LogP contribution is 2.48. The minimum Gasteiger partial charge on any atom is -0.345 e. The number of aliphatic imine (C=N–C) groups is 2. The maximum Gasteiger partial charge on any atom is 0.275 e. The number of azo groups is 1. The van der Waals surface area contributed by atoms with E-state index in [-0.39, 0.29) is 35.1 Å². The van der Waals surface area contributed by atoms with Gasteiger partial charge in [-0.15, -0.1) is 5.11 Å². The smallest absolute Gasteiger partial charge is 0.275 e. The molecule has 0 radical (unpaired) electrons. The molecule has 1 fully saturated rings. The summed E-state index contributed by atoms with van der Waals surface area (Å²) in [5, 5.41) is 10.8. The number of carbonyl (C=O) groups is 2. The van der Waals surface area contributed by atoms with Gasteiger partial charge in [0.05, 0.1) is 12.6 Å². The summed E-state index contributed by atoms with van der Waals surface area (Å²) in [7, 11) is 0. The zero-order chi connectivity index (χ0) is 30.7. The van der Waals surface area contributed by atoms with Crippen LogP contribution in [0.15, 0.2) is 62.7 Å². The van der Waals surface area contributed by atoms with Crippen molar-refractivity contribution in [2.24, 2.45) is 38.0 Å². The zero-order valence-corrected chi connectivity index (χ0v) is 26.1. The molecule has 1 aliphatic carbocycles. The van der Waals surface area contributed by atoms with Crippen molar-refractivity contribution in [3.8, 4) is 0 Å². The minimum absolute atomic E-state index is 0.202. The summed E-state index contributed by atoms with van der Waals surface area (Å²) in [6.07, 6.45) is 5.05. The van der Waals surface area contributed by atoms with Crippen LogP contribution in [0.5, 0.6) is 0 Å². The first-order chi connectivity index (χ1) is 20.6. The fraction of sp³-hybridized carbons (Fsp3) is 0.515. The molecule has 228 valence electrons. The normalized spacial score (nSPS) is 22.5.